The first-order chi connectivity index (χ1) is 17.6. The van der Waals surface area contributed by atoms with Gasteiger partial charge in [-0.05, 0) is 54.6 Å². The highest BCUT2D eigenvalue weighted by Crippen LogP contribution is 2.32. The van der Waals surface area contributed by atoms with Crippen molar-refractivity contribution >= 4 is 38.3 Å². The molecular weight excluding hydrogens is 503 g/mol. The second-order valence-corrected chi connectivity index (χ2v) is 10.0. The van der Waals surface area contributed by atoms with E-state index >= 15 is 0 Å². The van der Waals surface area contributed by atoms with Crippen molar-refractivity contribution in [2.24, 2.45) is 14.1 Å². The van der Waals surface area contributed by atoms with Gasteiger partial charge in [-0.25, -0.2) is 17.6 Å². The van der Waals surface area contributed by atoms with Crippen molar-refractivity contribution < 1.29 is 27.1 Å². The number of rotatable bonds is 8. The molecule has 0 saturated heterocycles. The van der Waals surface area contributed by atoms with E-state index in [1.807, 2.05) is 0 Å². The summed E-state index contributed by atoms with van der Waals surface area (Å²) in [4.78, 5) is 25.1. The molecule has 0 saturated carbocycles. The maximum absolute atomic E-state index is 13.6. The minimum atomic E-state index is -4.29. The Bertz CT molecular complexity index is 1640. The number of benzene rings is 3. The standard InChI is InChI=1S/C25H25FN4O6S/c1-28-20-11-7-17(13-21(20)29(2)25(28)32)27-24(31)15-30(18-8-5-16(26)6-9-18)37(33,34)19-10-12-22(35-3)23(14-19)36-4/h5-14H,15H2,1-4H3,(H,27,31). The largest absolute Gasteiger partial charge is 0.493 e. The van der Waals surface area contributed by atoms with Crippen LogP contribution in [0.25, 0.3) is 11.0 Å². The summed E-state index contributed by atoms with van der Waals surface area (Å²) < 4.78 is 55.1. The summed E-state index contributed by atoms with van der Waals surface area (Å²) >= 11 is 0. The first-order valence-electron chi connectivity index (χ1n) is 11.0. The van der Waals surface area contributed by atoms with Gasteiger partial charge in [-0.1, -0.05) is 0 Å². The van der Waals surface area contributed by atoms with Gasteiger partial charge in [0.05, 0.1) is 35.8 Å². The Morgan fingerprint density at radius 1 is 0.919 bits per heavy atom. The lowest BCUT2D eigenvalue weighted by Crippen LogP contribution is -2.38. The molecule has 12 heteroatoms. The summed E-state index contributed by atoms with van der Waals surface area (Å²) in [6.45, 7) is -0.603. The lowest BCUT2D eigenvalue weighted by Gasteiger charge is -2.24. The van der Waals surface area contributed by atoms with E-state index in [9.17, 15) is 22.4 Å². The molecule has 0 aliphatic carbocycles. The molecular formula is C25H25FN4O6S. The van der Waals surface area contributed by atoms with Crippen LogP contribution in [0, 0.1) is 5.82 Å². The van der Waals surface area contributed by atoms with Crippen molar-refractivity contribution in [3.8, 4) is 11.5 Å². The van der Waals surface area contributed by atoms with Gasteiger partial charge in [-0.3, -0.25) is 18.2 Å². The average molecular weight is 529 g/mol. The number of hydrogen-bond donors (Lipinski definition) is 1. The van der Waals surface area contributed by atoms with Gasteiger partial charge in [0.1, 0.15) is 12.4 Å². The van der Waals surface area contributed by atoms with Crippen molar-refractivity contribution in [2.75, 3.05) is 30.4 Å². The van der Waals surface area contributed by atoms with E-state index in [4.69, 9.17) is 9.47 Å². The van der Waals surface area contributed by atoms with Gasteiger partial charge in [0.25, 0.3) is 10.0 Å². The molecule has 4 rings (SSSR count). The van der Waals surface area contributed by atoms with Crippen LogP contribution in [0.2, 0.25) is 0 Å². The van der Waals surface area contributed by atoms with Crippen LogP contribution in [0.5, 0.6) is 11.5 Å². The van der Waals surface area contributed by atoms with Gasteiger partial charge in [0.15, 0.2) is 11.5 Å². The van der Waals surface area contributed by atoms with Gasteiger partial charge in [0.2, 0.25) is 5.91 Å². The third-order valence-electron chi connectivity index (χ3n) is 5.90. The monoisotopic (exact) mass is 528 g/mol. The molecule has 1 aromatic heterocycles. The number of imidazole rings is 1. The molecule has 194 valence electrons. The van der Waals surface area contributed by atoms with Crippen LogP contribution in [0.15, 0.2) is 70.4 Å². The first-order valence-corrected chi connectivity index (χ1v) is 12.5. The number of hydrogen-bond acceptors (Lipinski definition) is 6. The summed E-state index contributed by atoms with van der Waals surface area (Å²) in [6, 6.07) is 13.7. The zero-order valence-corrected chi connectivity index (χ0v) is 21.4. The molecule has 0 aliphatic rings. The number of aryl methyl sites for hydroxylation is 2. The van der Waals surface area contributed by atoms with Crippen LogP contribution in [-0.4, -0.2) is 44.2 Å². The zero-order valence-electron chi connectivity index (χ0n) is 20.6. The van der Waals surface area contributed by atoms with Crippen molar-refractivity contribution in [1.29, 1.82) is 0 Å². The van der Waals surface area contributed by atoms with Crippen LogP contribution >= 0.6 is 0 Å². The van der Waals surface area contributed by atoms with Gasteiger partial charge >= 0.3 is 5.69 Å². The minimum Gasteiger partial charge on any atom is -0.493 e. The van der Waals surface area contributed by atoms with Gasteiger partial charge in [-0.15, -0.1) is 0 Å². The lowest BCUT2D eigenvalue weighted by molar-refractivity contribution is -0.114. The molecule has 0 bridgehead atoms. The van der Waals surface area contributed by atoms with Crippen molar-refractivity contribution in [3.05, 3.63) is 77.0 Å². The van der Waals surface area contributed by atoms with E-state index in [1.54, 1.807) is 32.3 Å². The average Bonchev–Trinajstić information content (AvgIpc) is 3.10. The van der Waals surface area contributed by atoms with E-state index < -0.39 is 28.3 Å². The number of halogens is 1. The molecule has 0 unspecified atom stereocenters. The fourth-order valence-electron chi connectivity index (χ4n) is 3.94. The number of carbonyl (C=O) groups excluding carboxylic acids is 1. The zero-order chi connectivity index (χ0) is 26.9. The molecule has 3 aromatic carbocycles. The number of aromatic nitrogens is 2. The van der Waals surface area contributed by atoms with Crippen LogP contribution in [0.1, 0.15) is 0 Å². The van der Waals surface area contributed by atoms with E-state index in [0.29, 0.717) is 22.5 Å². The molecule has 1 N–H and O–H groups in total. The maximum atomic E-state index is 13.6. The van der Waals surface area contributed by atoms with Crippen LogP contribution in [0.3, 0.4) is 0 Å². The molecule has 0 radical (unpaired) electrons. The fraction of sp³-hybridized carbons (Fsp3) is 0.200. The van der Waals surface area contributed by atoms with Crippen molar-refractivity contribution in [3.63, 3.8) is 0 Å². The first kappa shape index (κ1) is 25.8. The molecule has 10 nitrogen and oxygen atoms in total. The van der Waals surface area contributed by atoms with Crippen molar-refractivity contribution in [2.45, 2.75) is 4.90 Å². The number of fused-ring (bicyclic) bond motifs is 1. The van der Waals surface area contributed by atoms with Crippen molar-refractivity contribution in [1.82, 2.24) is 9.13 Å². The summed E-state index contributed by atoms with van der Waals surface area (Å²) in [5.74, 6) is -0.681. The number of methoxy groups -OCH3 is 2. The highest BCUT2D eigenvalue weighted by molar-refractivity contribution is 7.92. The van der Waals surface area contributed by atoms with Crippen LogP contribution < -0.4 is 24.8 Å². The minimum absolute atomic E-state index is 0.0900. The number of ether oxygens (including phenoxy) is 2. The Hall–Kier alpha value is -4.32. The Balaban J connectivity index is 1.69. The van der Waals surface area contributed by atoms with E-state index in [-0.39, 0.29) is 22.0 Å². The quantitative estimate of drug-likeness (QED) is 0.377. The normalized spacial score (nSPS) is 11.4. The summed E-state index contributed by atoms with van der Waals surface area (Å²) in [7, 11) is 1.76. The van der Waals surface area contributed by atoms with Gasteiger partial charge in [0, 0.05) is 25.8 Å². The number of carbonyl (C=O) groups is 1. The molecule has 4 aromatic rings. The number of sulfonamides is 1. The van der Waals surface area contributed by atoms with Gasteiger partial charge in [-0.2, -0.15) is 0 Å². The molecule has 0 atom stereocenters. The van der Waals surface area contributed by atoms with Gasteiger partial charge < -0.3 is 14.8 Å². The molecule has 1 heterocycles. The SMILES string of the molecule is COc1ccc(S(=O)(=O)N(CC(=O)Nc2ccc3c(c2)n(C)c(=O)n3C)c2ccc(F)cc2)cc1OC. The van der Waals surface area contributed by atoms with E-state index in [0.717, 1.165) is 16.4 Å². The molecule has 0 spiro atoms. The highest BCUT2D eigenvalue weighted by atomic mass is 32.2. The number of nitrogens with one attached hydrogen (secondary N) is 1. The number of anilines is 2. The predicted octanol–water partition coefficient (Wildman–Crippen LogP) is 2.87. The van der Waals surface area contributed by atoms with Crippen LogP contribution in [-0.2, 0) is 28.9 Å². The Labute approximate surface area is 212 Å². The molecule has 1 amide bonds. The van der Waals surface area contributed by atoms with E-state index in [2.05, 4.69) is 5.32 Å². The maximum Gasteiger partial charge on any atom is 0.328 e. The fourth-order valence-corrected chi connectivity index (χ4v) is 5.38. The lowest BCUT2D eigenvalue weighted by atomic mass is 10.2. The summed E-state index contributed by atoms with van der Waals surface area (Å²) in [5.41, 5.74) is 1.52. The second-order valence-electron chi connectivity index (χ2n) is 8.16. The summed E-state index contributed by atoms with van der Waals surface area (Å²) in [6.07, 6.45) is 0. The predicted molar refractivity (Wildman–Crippen MR) is 137 cm³/mol. The third kappa shape index (κ3) is 4.87. The van der Waals surface area contributed by atoms with E-state index in [1.165, 1.54) is 53.7 Å². The molecule has 0 fully saturated rings. The number of amides is 1. The molecule has 37 heavy (non-hydrogen) atoms. The summed E-state index contributed by atoms with van der Waals surface area (Å²) in [5, 5.41) is 2.68. The van der Waals surface area contributed by atoms with Crippen LogP contribution in [0.4, 0.5) is 15.8 Å². The second kappa shape index (κ2) is 9.97. The number of nitrogens with zero attached hydrogens (tertiary/aromatic N) is 3. The third-order valence-corrected chi connectivity index (χ3v) is 7.67. The Morgan fingerprint density at radius 2 is 1.57 bits per heavy atom. The highest BCUT2D eigenvalue weighted by Gasteiger charge is 2.28. The smallest absolute Gasteiger partial charge is 0.328 e. The topological polar surface area (TPSA) is 112 Å². The molecule has 0 aliphatic heterocycles. The Kier molecular flexibility index (Phi) is 6.94. The Morgan fingerprint density at radius 3 is 2.22 bits per heavy atom.